The molecule has 5 heterocycles. The number of nitrogens with zero attached hydrogens (tertiary/aromatic N) is 6. The molecule has 0 saturated carbocycles. The molecule has 2 N–H and O–H groups in total. The summed E-state index contributed by atoms with van der Waals surface area (Å²) in [7, 11) is 2.54. The number of amides is 2. The molecule has 1 saturated heterocycles. The van der Waals surface area contributed by atoms with Crippen LogP contribution in [0.1, 0.15) is 41.5 Å². The van der Waals surface area contributed by atoms with Gasteiger partial charge in [-0.25, -0.2) is 14.0 Å². The Morgan fingerprint density at radius 1 is 1.30 bits per heavy atom. The number of aryl methyl sites for hydroxylation is 1. The smallest absolute Gasteiger partial charge is 0.413 e. The summed E-state index contributed by atoms with van der Waals surface area (Å²) in [4.78, 5) is 31.5. The Morgan fingerprint density at radius 3 is 2.81 bits per heavy atom. The van der Waals surface area contributed by atoms with Crippen LogP contribution in [0.15, 0.2) is 18.5 Å². The Labute approximate surface area is 215 Å². The van der Waals surface area contributed by atoms with E-state index in [0.29, 0.717) is 66.9 Å². The molecule has 202 valence electrons. The predicted molar refractivity (Wildman–Crippen MR) is 136 cm³/mol. The number of anilines is 1. The van der Waals surface area contributed by atoms with Crippen molar-refractivity contribution in [1.82, 2.24) is 29.3 Å². The summed E-state index contributed by atoms with van der Waals surface area (Å²) in [6.07, 6.45) is 4.65. The van der Waals surface area contributed by atoms with E-state index in [4.69, 9.17) is 24.4 Å². The van der Waals surface area contributed by atoms with E-state index in [1.165, 1.54) is 0 Å². The van der Waals surface area contributed by atoms with E-state index in [0.717, 1.165) is 13.5 Å². The molecule has 2 amide bonds. The second-order valence-electron chi connectivity index (χ2n) is 9.65. The van der Waals surface area contributed by atoms with Crippen molar-refractivity contribution in [3.8, 4) is 22.9 Å². The summed E-state index contributed by atoms with van der Waals surface area (Å²) in [6, 6.07) is 1.71. The monoisotopic (exact) mass is 517 g/mol. The molecule has 1 atom stereocenters. The van der Waals surface area contributed by atoms with Crippen molar-refractivity contribution in [2.45, 2.75) is 58.2 Å². The number of fused-ring (bicyclic) bond motifs is 5. The molecule has 13 nitrogen and oxygen atoms in total. The van der Waals surface area contributed by atoms with Gasteiger partial charge in [0.05, 0.1) is 36.8 Å². The van der Waals surface area contributed by atoms with Crippen LogP contribution in [0.5, 0.6) is 11.6 Å². The highest BCUT2D eigenvalue weighted by atomic mass is 16.6. The van der Waals surface area contributed by atoms with Crippen LogP contribution in [0.25, 0.3) is 16.9 Å². The number of hydrogen-bond acceptors (Lipinski definition) is 9. The van der Waals surface area contributed by atoms with Gasteiger partial charge in [-0.3, -0.25) is 10.1 Å². The zero-order chi connectivity index (χ0) is 26.7. The van der Waals surface area contributed by atoms with Gasteiger partial charge in [-0.1, -0.05) is 0 Å². The maximum Gasteiger partial charge on any atom is 0.413 e. The molecule has 4 bridgehead atoms. The van der Waals surface area contributed by atoms with Crippen LogP contribution in [-0.4, -0.2) is 85.4 Å². The lowest BCUT2D eigenvalue weighted by molar-refractivity contribution is -0.129. The number of aliphatic hydroxyl groups is 1. The van der Waals surface area contributed by atoms with Crippen LogP contribution in [0.2, 0.25) is 0 Å². The second kappa shape index (κ2) is 10.6. The number of nitrogens with one attached hydrogen (secondary N) is 1. The van der Waals surface area contributed by atoms with Crippen LogP contribution in [-0.2, 0) is 16.1 Å². The van der Waals surface area contributed by atoms with Crippen molar-refractivity contribution < 1.29 is 30.3 Å². The highest BCUT2D eigenvalue weighted by molar-refractivity contribution is 5.86. The van der Waals surface area contributed by atoms with Gasteiger partial charge in [0.1, 0.15) is 18.0 Å². The van der Waals surface area contributed by atoms with Gasteiger partial charge in [0, 0.05) is 34.1 Å². The number of aromatic nitrogens is 5. The molecule has 3 aromatic heterocycles. The molecule has 1 fully saturated rings. The van der Waals surface area contributed by atoms with Crippen molar-refractivity contribution in [2.24, 2.45) is 0 Å². The molecule has 13 heteroatoms. The van der Waals surface area contributed by atoms with Crippen LogP contribution in [0.3, 0.4) is 0 Å². The molecular weight excluding hydrogens is 482 g/mol. The highest BCUT2D eigenvalue weighted by Gasteiger charge is 2.32. The van der Waals surface area contributed by atoms with Gasteiger partial charge < -0.3 is 24.2 Å². The number of aliphatic hydroxyl groups excluding tert-OH is 1. The average Bonchev–Trinajstić information content (AvgIpc) is 3.54. The third kappa shape index (κ3) is 5.61. The van der Waals surface area contributed by atoms with Gasteiger partial charge in [-0.2, -0.15) is 15.2 Å². The predicted octanol–water partition coefficient (Wildman–Crippen LogP) is 2.58. The maximum atomic E-state index is 12.5. The molecule has 0 aliphatic carbocycles. The highest BCUT2D eigenvalue weighted by Crippen LogP contribution is 2.32. The SMILES string of the molecule is CO.COc1cn2ncc3c2nc1OC[C@@H]1CCC(=O)N1CCCn1nc-3cc1NC(=O)OC(C)(C)C.[HH]. The summed E-state index contributed by atoms with van der Waals surface area (Å²) in [5.41, 5.74) is 1.16. The van der Waals surface area contributed by atoms with Gasteiger partial charge in [0.15, 0.2) is 11.4 Å². The topological polar surface area (TPSA) is 145 Å². The first-order chi connectivity index (χ1) is 17.7. The molecule has 5 rings (SSSR count). The van der Waals surface area contributed by atoms with E-state index in [-0.39, 0.29) is 13.4 Å². The normalized spacial score (nSPS) is 17.4. The Hall–Kier alpha value is -3.87. The summed E-state index contributed by atoms with van der Waals surface area (Å²) >= 11 is 0. The summed E-state index contributed by atoms with van der Waals surface area (Å²) in [6.45, 7) is 6.78. The van der Waals surface area contributed by atoms with Gasteiger partial charge >= 0.3 is 6.09 Å². The largest absolute Gasteiger partial charge is 0.490 e. The van der Waals surface area contributed by atoms with E-state index in [1.54, 1.807) is 55.5 Å². The van der Waals surface area contributed by atoms with Gasteiger partial charge in [0.25, 0.3) is 5.88 Å². The first kappa shape index (κ1) is 26.2. The Bertz CT molecular complexity index is 1290. The quantitative estimate of drug-likeness (QED) is 0.524. The number of carbonyl (C=O) groups is 2. The standard InChI is InChI=1S/C23H29N7O5.CH4O.H2/c1-23(2,3)35-22(32)25-18-10-16-15-11-24-30-12-17(33-4)21(26-20(15)30)34-13-14-6-7-19(31)28(14)8-5-9-29(18)27-16;1-2;/h10-12,14H,5-9,13H2,1-4H3,(H,25,32);2H,1H3;1H/t14-;;/m0../s1. The van der Waals surface area contributed by atoms with Gasteiger partial charge in [-0.05, 0) is 33.6 Å². The zero-order valence-corrected chi connectivity index (χ0v) is 21.7. The van der Waals surface area contributed by atoms with Crippen LogP contribution >= 0.6 is 0 Å². The number of ether oxygens (including phenoxy) is 3. The Balaban J connectivity index is 0.00000130. The molecule has 2 aliphatic heterocycles. The van der Waals surface area contributed by atoms with Crippen molar-refractivity contribution in [3.05, 3.63) is 18.5 Å². The van der Waals surface area contributed by atoms with E-state index >= 15 is 0 Å². The number of rotatable bonds is 2. The first-order valence-electron chi connectivity index (χ1n) is 12.1. The molecule has 0 aromatic carbocycles. The molecule has 37 heavy (non-hydrogen) atoms. The molecule has 0 radical (unpaired) electrons. The fraction of sp³-hybridized carbons (Fsp3) is 0.542. The van der Waals surface area contributed by atoms with E-state index in [2.05, 4.69) is 15.4 Å². The van der Waals surface area contributed by atoms with Crippen molar-refractivity contribution in [3.63, 3.8) is 0 Å². The number of hydrogen-bond donors (Lipinski definition) is 2. The average molecular weight is 518 g/mol. The van der Waals surface area contributed by atoms with Gasteiger partial charge in [0.2, 0.25) is 5.91 Å². The minimum atomic E-state index is -0.639. The summed E-state index contributed by atoms with van der Waals surface area (Å²) < 4.78 is 20.3. The third-order valence-electron chi connectivity index (χ3n) is 5.97. The molecule has 0 unspecified atom stereocenters. The minimum Gasteiger partial charge on any atom is -0.490 e. The third-order valence-corrected chi connectivity index (χ3v) is 5.97. The lowest BCUT2D eigenvalue weighted by atomic mass is 10.2. The fourth-order valence-electron chi connectivity index (χ4n) is 4.37. The van der Waals surface area contributed by atoms with E-state index < -0.39 is 11.7 Å². The first-order valence-corrected chi connectivity index (χ1v) is 12.1. The van der Waals surface area contributed by atoms with Crippen LogP contribution in [0, 0.1) is 0 Å². The summed E-state index contributed by atoms with van der Waals surface area (Å²) in [5, 5.41) is 18.9. The molecular formula is C24H35N7O6. The van der Waals surface area contributed by atoms with Gasteiger partial charge in [-0.15, -0.1) is 0 Å². The Morgan fingerprint density at radius 2 is 2.08 bits per heavy atom. The maximum absolute atomic E-state index is 12.5. The minimum absolute atomic E-state index is 0. The summed E-state index contributed by atoms with van der Waals surface area (Å²) in [5.74, 6) is 1.35. The molecule has 3 aromatic rings. The second-order valence-corrected chi connectivity index (χ2v) is 9.65. The molecule has 2 aliphatic rings. The van der Waals surface area contributed by atoms with E-state index in [1.807, 2.05) is 4.90 Å². The van der Waals surface area contributed by atoms with Crippen LogP contribution < -0.4 is 14.8 Å². The van der Waals surface area contributed by atoms with Crippen LogP contribution in [0.4, 0.5) is 10.6 Å². The number of methoxy groups -OCH3 is 1. The number of carbonyl (C=O) groups excluding carboxylic acids is 2. The lowest BCUT2D eigenvalue weighted by Crippen LogP contribution is -2.38. The zero-order valence-electron chi connectivity index (χ0n) is 21.7. The fourth-order valence-corrected chi connectivity index (χ4v) is 4.37. The Kier molecular flexibility index (Phi) is 7.52. The van der Waals surface area contributed by atoms with Crippen molar-refractivity contribution in [1.29, 1.82) is 0 Å². The lowest BCUT2D eigenvalue weighted by Gasteiger charge is -2.25. The van der Waals surface area contributed by atoms with Crippen molar-refractivity contribution in [2.75, 3.05) is 32.7 Å². The molecule has 0 spiro atoms. The van der Waals surface area contributed by atoms with E-state index in [9.17, 15) is 9.59 Å². The van der Waals surface area contributed by atoms with Crippen molar-refractivity contribution >= 4 is 23.5 Å².